The van der Waals surface area contributed by atoms with Gasteiger partial charge in [-0.1, -0.05) is 22.0 Å². The van der Waals surface area contributed by atoms with Crippen molar-refractivity contribution in [1.82, 2.24) is 0 Å². The van der Waals surface area contributed by atoms with Crippen molar-refractivity contribution in [2.24, 2.45) is 0 Å². The second-order valence-corrected chi connectivity index (χ2v) is 7.72. The molecule has 134 valence electrons. The average molecular weight is 428 g/mol. The van der Waals surface area contributed by atoms with Gasteiger partial charge in [0.1, 0.15) is 10.6 Å². The summed E-state index contributed by atoms with van der Waals surface area (Å²) in [4.78, 5) is 11.9. The Morgan fingerprint density at radius 2 is 1.92 bits per heavy atom. The molecule has 0 unspecified atom stereocenters. The molecule has 0 aromatic heterocycles. The number of carbonyl (C=O) groups is 1. The van der Waals surface area contributed by atoms with Gasteiger partial charge in [0.2, 0.25) is 0 Å². The van der Waals surface area contributed by atoms with E-state index in [1.165, 1.54) is 19.2 Å². The van der Waals surface area contributed by atoms with Crippen LogP contribution in [0, 0.1) is 6.92 Å². The molecule has 0 aliphatic rings. The maximum absolute atomic E-state index is 12.8. The highest BCUT2D eigenvalue weighted by molar-refractivity contribution is 9.10. The molecular formula is C17H18BrNO5S. The number of sulfonamides is 1. The third-order valence-electron chi connectivity index (χ3n) is 3.41. The van der Waals surface area contributed by atoms with Crippen LogP contribution in [0.25, 0.3) is 0 Å². The molecule has 0 atom stereocenters. The first kappa shape index (κ1) is 19.3. The minimum atomic E-state index is -3.91. The molecule has 0 fully saturated rings. The highest BCUT2D eigenvalue weighted by Crippen LogP contribution is 2.30. The third kappa shape index (κ3) is 4.52. The van der Waals surface area contributed by atoms with Crippen molar-refractivity contribution in [2.45, 2.75) is 18.7 Å². The summed E-state index contributed by atoms with van der Waals surface area (Å²) in [5.41, 5.74) is 1.24. The standard InChI is InChI=1S/C17H18BrNO5S/c1-4-24-17(20)12-6-5-11(2)14(9-12)19-25(21,22)16-10-13(18)7-8-15(16)23-3/h5-10,19H,4H2,1-3H3. The third-order valence-corrected chi connectivity index (χ3v) is 5.29. The number of benzene rings is 2. The molecule has 0 bridgehead atoms. The smallest absolute Gasteiger partial charge is 0.338 e. The van der Waals surface area contributed by atoms with Crippen molar-refractivity contribution in [3.05, 3.63) is 52.0 Å². The zero-order valence-corrected chi connectivity index (χ0v) is 16.4. The van der Waals surface area contributed by atoms with Gasteiger partial charge in [0.25, 0.3) is 10.0 Å². The van der Waals surface area contributed by atoms with E-state index in [1.54, 1.807) is 38.1 Å². The van der Waals surface area contributed by atoms with Crippen LogP contribution in [0.3, 0.4) is 0 Å². The molecule has 0 amide bonds. The second kappa shape index (κ2) is 7.88. The fourth-order valence-electron chi connectivity index (χ4n) is 2.13. The Balaban J connectivity index is 2.43. The summed E-state index contributed by atoms with van der Waals surface area (Å²) in [6, 6.07) is 9.39. The molecule has 0 radical (unpaired) electrons. The number of aryl methyl sites for hydroxylation is 1. The van der Waals surface area contributed by atoms with Gasteiger partial charge in [0.15, 0.2) is 0 Å². The number of carbonyl (C=O) groups excluding carboxylic acids is 1. The van der Waals surface area contributed by atoms with Crippen molar-refractivity contribution in [3.8, 4) is 5.75 Å². The van der Waals surface area contributed by atoms with Crippen LogP contribution in [-0.2, 0) is 14.8 Å². The Morgan fingerprint density at radius 1 is 1.20 bits per heavy atom. The van der Waals surface area contributed by atoms with E-state index < -0.39 is 16.0 Å². The molecule has 1 N–H and O–H groups in total. The highest BCUT2D eigenvalue weighted by atomic mass is 79.9. The fourth-order valence-corrected chi connectivity index (χ4v) is 3.96. The zero-order chi connectivity index (χ0) is 18.6. The lowest BCUT2D eigenvalue weighted by Gasteiger charge is -2.14. The predicted molar refractivity (Wildman–Crippen MR) is 98.6 cm³/mol. The molecule has 8 heteroatoms. The van der Waals surface area contributed by atoms with E-state index in [2.05, 4.69) is 20.7 Å². The molecule has 0 saturated heterocycles. The molecule has 25 heavy (non-hydrogen) atoms. The number of nitrogens with one attached hydrogen (secondary N) is 1. The summed E-state index contributed by atoms with van der Waals surface area (Å²) < 4.78 is 38.7. The summed E-state index contributed by atoms with van der Waals surface area (Å²) in [6.07, 6.45) is 0. The van der Waals surface area contributed by atoms with Gasteiger partial charge in [-0.15, -0.1) is 0 Å². The van der Waals surface area contributed by atoms with Gasteiger partial charge in [-0.05, 0) is 49.7 Å². The summed E-state index contributed by atoms with van der Waals surface area (Å²) in [6.45, 7) is 3.68. The first-order valence-corrected chi connectivity index (χ1v) is 9.70. The minimum Gasteiger partial charge on any atom is -0.495 e. The van der Waals surface area contributed by atoms with Gasteiger partial charge < -0.3 is 9.47 Å². The lowest BCUT2D eigenvalue weighted by atomic mass is 10.1. The zero-order valence-electron chi connectivity index (χ0n) is 14.0. The van der Waals surface area contributed by atoms with Crippen molar-refractivity contribution in [2.75, 3.05) is 18.4 Å². The van der Waals surface area contributed by atoms with Crippen LogP contribution in [0.15, 0.2) is 45.8 Å². The van der Waals surface area contributed by atoms with Gasteiger partial charge in [-0.25, -0.2) is 13.2 Å². The van der Waals surface area contributed by atoms with Gasteiger partial charge >= 0.3 is 5.97 Å². The molecule has 0 aliphatic carbocycles. The van der Waals surface area contributed by atoms with E-state index in [1.807, 2.05) is 0 Å². The molecular weight excluding hydrogens is 410 g/mol. The van der Waals surface area contributed by atoms with Crippen molar-refractivity contribution in [3.63, 3.8) is 0 Å². The maximum atomic E-state index is 12.8. The summed E-state index contributed by atoms with van der Waals surface area (Å²) in [5, 5.41) is 0. The van der Waals surface area contributed by atoms with Crippen LogP contribution >= 0.6 is 15.9 Å². The Morgan fingerprint density at radius 3 is 2.56 bits per heavy atom. The normalized spacial score (nSPS) is 11.0. The Hall–Kier alpha value is -2.06. The van der Waals surface area contributed by atoms with E-state index in [-0.39, 0.29) is 22.8 Å². The van der Waals surface area contributed by atoms with Crippen LogP contribution in [0.2, 0.25) is 0 Å². The van der Waals surface area contributed by atoms with Crippen LogP contribution in [0.1, 0.15) is 22.8 Å². The van der Waals surface area contributed by atoms with Crippen LogP contribution in [-0.4, -0.2) is 28.1 Å². The number of esters is 1. The lowest BCUT2D eigenvalue weighted by molar-refractivity contribution is 0.0526. The summed E-state index contributed by atoms with van der Waals surface area (Å²) in [7, 11) is -2.52. The molecule has 0 saturated carbocycles. The van der Waals surface area contributed by atoms with Crippen LogP contribution in [0.5, 0.6) is 5.75 Å². The SMILES string of the molecule is CCOC(=O)c1ccc(C)c(NS(=O)(=O)c2cc(Br)ccc2OC)c1. The monoisotopic (exact) mass is 427 g/mol. The Kier molecular flexibility index (Phi) is 6.07. The van der Waals surface area contributed by atoms with Crippen molar-refractivity contribution < 1.29 is 22.7 Å². The van der Waals surface area contributed by atoms with E-state index in [4.69, 9.17) is 9.47 Å². The molecule has 0 aliphatic heterocycles. The van der Waals surface area contributed by atoms with Gasteiger partial charge in [-0.3, -0.25) is 4.72 Å². The number of hydrogen-bond acceptors (Lipinski definition) is 5. The molecule has 2 aromatic rings. The predicted octanol–water partition coefficient (Wildman–Crippen LogP) is 3.74. The quantitative estimate of drug-likeness (QED) is 0.709. The fraction of sp³-hybridized carbons (Fsp3) is 0.235. The van der Waals surface area contributed by atoms with Crippen LogP contribution < -0.4 is 9.46 Å². The largest absolute Gasteiger partial charge is 0.495 e. The second-order valence-electron chi connectivity index (χ2n) is 5.15. The number of rotatable bonds is 6. The number of methoxy groups -OCH3 is 1. The number of anilines is 1. The first-order chi connectivity index (χ1) is 11.8. The maximum Gasteiger partial charge on any atom is 0.338 e. The highest BCUT2D eigenvalue weighted by Gasteiger charge is 2.21. The van der Waals surface area contributed by atoms with E-state index in [9.17, 15) is 13.2 Å². The molecule has 0 spiro atoms. The number of ether oxygens (including phenoxy) is 2. The van der Waals surface area contributed by atoms with E-state index >= 15 is 0 Å². The van der Waals surface area contributed by atoms with Gasteiger partial charge in [0.05, 0.1) is 25.0 Å². The van der Waals surface area contributed by atoms with Gasteiger partial charge in [0, 0.05) is 4.47 Å². The van der Waals surface area contributed by atoms with Crippen molar-refractivity contribution in [1.29, 1.82) is 0 Å². The van der Waals surface area contributed by atoms with Crippen molar-refractivity contribution >= 4 is 37.6 Å². The van der Waals surface area contributed by atoms with E-state index in [0.29, 0.717) is 15.7 Å². The summed E-state index contributed by atoms with van der Waals surface area (Å²) >= 11 is 3.26. The van der Waals surface area contributed by atoms with Gasteiger partial charge in [-0.2, -0.15) is 0 Å². The topological polar surface area (TPSA) is 81.7 Å². The summed E-state index contributed by atoms with van der Waals surface area (Å²) in [5.74, 6) is -0.294. The number of hydrogen-bond donors (Lipinski definition) is 1. The minimum absolute atomic E-state index is 0.00897. The average Bonchev–Trinajstić information content (AvgIpc) is 2.57. The molecule has 0 heterocycles. The lowest BCUT2D eigenvalue weighted by Crippen LogP contribution is -2.15. The number of halogens is 1. The molecule has 2 rings (SSSR count). The van der Waals surface area contributed by atoms with Crippen LogP contribution in [0.4, 0.5) is 5.69 Å². The molecule has 2 aromatic carbocycles. The van der Waals surface area contributed by atoms with E-state index in [0.717, 1.165) is 0 Å². The first-order valence-electron chi connectivity index (χ1n) is 7.42. The molecule has 6 nitrogen and oxygen atoms in total. The Labute approximate surface area is 155 Å². The Bertz CT molecular complexity index is 896.